The summed E-state index contributed by atoms with van der Waals surface area (Å²) in [5.41, 5.74) is 5.09. The summed E-state index contributed by atoms with van der Waals surface area (Å²) in [6.45, 7) is 2.95. The van der Waals surface area contributed by atoms with Crippen LogP contribution in [0.4, 0.5) is 0 Å². The molecular formula is C16H36N2O5S2. The lowest BCUT2D eigenvalue weighted by atomic mass is 10.1. The molecule has 0 aliphatic rings. The number of unbranched alkanes of at least 4 members (excludes halogenated alkanes) is 9. The molecule has 0 bridgehead atoms. The molecule has 0 atom stereocenters. The fraction of sp³-hybridized carbons (Fsp3) is 1.00. The second kappa shape index (κ2) is 14.9. The molecule has 25 heavy (non-hydrogen) atoms. The monoisotopic (exact) mass is 400 g/mol. The molecule has 0 fully saturated rings. The van der Waals surface area contributed by atoms with Gasteiger partial charge in [-0.1, -0.05) is 64.7 Å². The Kier molecular flexibility index (Phi) is 14.8. The number of nitrogens with two attached hydrogens (primary N) is 1. The molecule has 7 nitrogen and oxygen atoms in total. The summed E-state index contributed by atoms with van der Waals surface area (Å²) in [7, 11) is -8.18. The minimum absolute atomic E-state index is 0.172. The van der Waals surface area contributed by atoms with Crippen LogP contribution in [0.1, 0.15) is 71.1 Å². The Morgan fingerprint density at radius 3 is 1.72 bits per heavy atom. The maximum absolute atomic E-state index is 11.5. The number of rotatable bonds is 18. The zero-order valence-corrected chi connectivity index (χ0v) is 17.2. The van der Waals surface area contributed by atoms with E-state index in [9.17, 15) is 16.8 Å². The van der Waals surface area contributed by atoms with Gasteiger partial charge in [0.15, 0.2) is 0 Å². The third-order valence-corrected chi connectivity index (χ3v) is 6.91. The summed E-state index contributed by atoms with van der Waals surface area (Å²) in [5, 5.41) is 3.01. The smallest absolute Gasteiger partial charge is 0.283 e. The fourth-order valence-corrected chi connectivity index (χ4v) is 4.92. The predicted molar refractivity (Wildman–Crippen MR) is 102 cm³/mol. The van der Waals surface area contributed by atoms with Crippen LogP contribution in [0.25, 0.3) is 0 Å². The lowest BCUT2D eigenvalue weighted by molar-refractivity contribution is 0.460. The van der Waals surface area contributed by atoms with Crippen molar-refractivity contribution in [2.45, 2.75) is 71.1 Å². The van der Waals surface area contributed by atoms with Crippen molar-refractivity contribution in [2.75, 3.05) is 31.1 Å². The van der Waals surface area contributed by atoms with Crippen LogP contribution in [0, 0.1) is 0 Å². The van der Waals surface area contributed by atoms with Crippen LogP contribution in [0.2, 0.25) is 0 Å². The molecule has 0 rings (SSSR count). The first-order valence-corrected chi connectivity index (χ1v) is 12.6. The van der Waals surface area contributed by atoms with E-state index in [1.807, 2.05) is 0 Å². The molecule has 0 aliphatic heterocycles. The molecule has 0 aromatic rings. The summed E-state index contributed by atoms with van der Waals surface area (Å²) in [6, 6.07) is 0. The van der Waals surface area contributed by atoms with Crippen molar-refractivity contribution in [2.24, 2.45) is 5.73 Å². The van der Waals surface area contributed by atoms with Gasteiger partial charge < -0.3 is 11.1 Å². The molecule has 0 radical (unpaired) electrons. The Hall–Kier alpha value is -0.220. The van der Waals surface area contributed by atoms with Crippen LogP contribution in [-0.2, 0) is 23.9 Å². The molecule has 152 valence electrons. The Morgan fingerprint density at radius 2 is 1.20 bits per heavy atom. The Morgan fingerprint density at radius 1 is 0.720 bits per heavy atom. The molecule has 0 amide bonds. The van der Waals surface area contributed by atoms with Gasteiger partial charge in [-0.2, -0.15) is 16.8 Å². The van der Waals surface area contributed by atoms with Crippen LogP contribution in [0.5, 0.6) is 0 Å². The van der Waals surface area contributed by atoms with Gasteiger partial charge in [-0.05, 0) is 13.0 Å². The molecule has 0 aliphatic carbocycles. The van der Waals surface area contributed by atoms with Crippen LogP contribution in [-0.4, -0.2) is 48.0 Å². The van der Waals surface area contributed by atoms with Crippen molar-refractivity contribution in [3.05, 3.63) is 0 Å². The average molecular weight is 401 g/mol. The van der Waals surface area contributed by atoms with E-state index in [-0.39, 0.29) is 18.8 Å². The normalized spacial score (nSPS) is 12.6. The molecule has 0 spiro atoms. The summed E-state index contributed by atoms with van der Waals surface area (Å²) in [4.78, 5) is 0. The lowest BCUT2D eigenvalue weighted by Crippen LogP contribution is -2.28. The first-order chi connectivity index (χ1) is 11.8. The van der Waals surface area contributed by atoms with Crippen molar-refractivity contribution < 1.29 is 20.5 Å². The van der Waals surface area contributed by atoms with Gasteiger partial charge in [-0.15, -0.1) is 3.63 Å². The molecule has 0 saturated carbocycles. The van der Waals surface area contributed by atoms with Crippen molar-refractivity contribution >= 4 is 20.2 Å². The minimum atomic E-state index is -4.10. The van der Waals surface area contributed by atoms with E-state index in [1.54, 1.807) is 0 Å². The van der Waals surface area contributed by atoms with E-state index in [0.29, 0.717) is 0 Å². The van der Waals surface area contributed by atoms with Gasteiger partial charge in [0.1, 0.15) is 0 Å². The molecule has 9 heteroatoms. The maximum atomic E-state index is 11.5. The first-order valence-electron chi connectivity index (χ1n) is 9.40. The topological polar surface area (TPSA) is 116 Å². The summed E-state index contributed by atoms with van der Waals surface area (Å²) in [6.07, 6.45) is 12.5. The number of nitrogens with one attached hydrogen (secondary N) is 1. The Labute approximate surface area is 154 Å². The highest BCUT2D eigenvalue weighted by Crippen LogP contribution is 2.10. The average Bonchev–Trinajstić information content (AvgIpc) is 2.50. The molecule has 0 heterocycles. The van der Waals surface area contributed by atoms with Gasteiger partial charge in [0.05, 0.1) is 11.5 Å². The number of hydrogen-bond acceptors (Lipinski definition) is 7. The van der Waals surface area contributed by atoms with Crippen molar-refractivity contribution in [1.82, 2.24) is 5.32 Å². The molecule has 3 N–H and O–H groups in total. The van der Waals surface area contributed by atoms with Gasteiger partial charge in [0.25, 0.3) is 20.2 Å². The Bertz CT molecular complexity index is 507. The maximum Gasteiger partial charge on any atom is 0.283 e. The fourth-order valence-electron chi connectivity index (χ4n) is 2.43. The predicted octanol–water partition coefficient (Wildman–Crippen LogP) is 2.13. The van der Waals surface area contributed by atoms with Gasteiger partial charge in [0, 0.05) is 13.1 Å². The van der Waals surface area contributed by atoms with Crippen LogP contribution < -0.4 is 11.1 Å². The standard InChI is InChI=1S/C16H36N2O5S2/c1-2-3-4-5-6-7-8-9-10-11-13-18-14-16-25(21,22)23-24(19,20)15-12-17/h18H,2-17H2,1H3. The minimum Gasteiger partial charge on any atom is -0.329 e. The van der Waals surface area contributed by atoms with Gasteiger partial charge >= 0.3 is 0 Å². The van der Waals surface area contributed by atoms with Crippen molar-refractivity contribution in [3.8, 4) is 0 Å². The molecule has 0 aromatic carbocycles. The summed E-state index contributed by atoms with van der Waals surface area (Å²) >= 11 is 0. The second-order valence-corrected chi connectivity index (χ2v) is 9.90. The molecule has 0 saturated heterocycles. The highest BCUT2D eigenvalue weighted by atomic mass is 32.3. The zero-order valence-electron chi connectivity index (χ0n) is 15.5. The quantitative estimate of drug-likeness (QED) is 0.339. The largest absolute Gasteiger partial charge is 0.329 e. The van der Waals surface area contributed by atoms with Gasteiger partial charge in [0.2, 0.25) is 0 Å². The zero-order chi connectivity index (χ0) is 19.0. The lowest BCUT2D eigenvalue weighted by Gasteiger charge is -2.07. The van der Waals surface area contributed by atoms with Crippen LogP contribution in [0.15, 0.2) is 0 Å². The highest BCUT2D eigenvalue weighted by Gasteiger charge is 2.21. The van der Waals surface area contributed by atoms with Crippen LogP contribution in [0.3, 0.4) is 0 Å². The Balaban J connectivity index is 3.51. The first kappa shape index (κ1) is 24.8. The molecule has 0 aromatic heterocycles. The third-order valence-electron chi connectivity index (χ3n) is 3.81. The number of hydrogen-bond donors (Lipinski definition) is 2. The van der Waals surface area contributed by atoms with E-state index < -0.39 is 26.0 Å². The van der Waals surface area contributed by atoms with Crippen LogP contribution >= 0.6 is 0 Å². The van der Waals surface area contributed by atoms with E-state index in [4.69, 9.17) is 5.73 Å². The van der Waals surface area contributed by atoms with Crippen molar-refractivity contribution in [3.63, 3.8) is 0 Å². The van der Waals surface area contributed by atoms with E-state index >= 15 is 0 Å². The van der Waals surface area contributed by atoms with Gasteiger partial charge in [-0.3, -0.25) is 0 Å². The van der Waals surface area contributed by atoms with Crippen molar-refractivity contribution in [1.29, 1.82) is 0 Å². The SMILES string of the molecule is CCCCCCCCCCCCNCCS(=O)(=O)OS(=O)(=O)CCN. The van der Waals surface area contributed by atoms with E-state index in [2.05, 4.69) is 15.9 Å². The summed E-state index contributed by atoms with van der Waals surface area (Å²) in [5.74, 6) is -0.868. The third kappa shape index (κ3) is 17.0. The molecule has 0 unspecified atom stereocenters. The second-order valence-electron chi connectivity index (χ2n) is 6.31. The summed E-state index contributed by atoms with van der Waals surface area (Å²) < 4.78 is 49.8. The highest BCUT2D eigenvalue weighted by molar-refractivity contribution is 7.99. The van der Waals surface area contributed by atoms with E-state index in [0.717, 1.165) is 19.4 Å². The molecular weight excluding hydrogens is 364 g/mol. The van der Waals surface area contributed by atoms with Gasteiger partial charge in [-0.25, -0.2) is 0 Å². The van der Waals surface area contributed by atoms with E-state index in [1.165, 1.54) is 51.4 Å².